The molecule has 3 rings (SSSR count). The standard InChI is InChI=1S/C13H17N3O/c17-8-13-15-11-2-1-10(7-12(11)16-13)9-3-5-14-6-4-9/h1-2,7-9,13-16H,3-6H2. The summed E-state index contributed by atoms with van der Waals surface area (Å²) < 4.78 is 0. The summed E-state index contributed by atoms with van der Waals surface area (Å²) in [5.74, 6) is 0.652. The van der Waals surface area contributed by atoms with Crippen molar-refractivity contribution in [3.8, 4) is 0 Å². The van der Waals surface area contributed by atoms with Crippen LogP contribution < -0.4 is 16.0 Å². The summed E-state index contributed by atoms with van der Waals surface area (Å²) in [6.45, 7) is 2.20. The van der Waals surface area contributed by atoms with Crippen LogP contribution in [-0.4, -0.2) is 25.5 Å². The Morgan fingerprint density at radius 1 is 1.12 bits per heavy atom. The van der Waals surface area contributed by atoms with E-state index in [9.17, 15) is 4.79 Å². The highest BCUT2D eigenvalue weighted by molar-refractivity contribution is 5.83. The number of fused-ring (bicyclic) bond motifs is 1. The molecule has 17 heavy (non-hydrogen) atoms. The van der Waals surface area contributed by atoms with E-state index in [1.165, 1.54) is 18.4 Å². The zero-order valence-corrected chi connectivity index (χ0v) is 9.70. The number of anilines is 2. The largest absolute Gasteiger partial charge is 0.358 e. The van der Waals surface area contributed by atoms with Crippen LogP contribution in [0.3, 0.4) is 0 Å². The molecule has 90 valence electrons. The molecule has 4 heteroatoms. The quantitative estimate of drug-likeness (QED) is 0.675. The average Bonchev–Trinajstić information content (AvgIpc) is 2.81. The second-order valence-electron chi connectivity index (χ2n) is 4.73. The van der Waals surface area contributed by atoms with Gasteiger partial charge in [0.1, 0.15) is 0 Å². The molecule has 0 aliphatic carbocycles. The van der Waals surface area contributed by atoms with Gasteiger partial charge in [-0.3, -0.25) is 4.79 Å². The number of hydrogen-bond donors (Lipinski definition) is 3. The van der Waals surface area contributed by atoms with Gasteiger partial charge in [0.05, 0.1) is 11.4 Å². The minimum Gasteiger partial charge on any atom is -0.358 e. The summed E-state index contributed by atoms with van der Waals surface area (Å²) in [5.41, 5.74) is 3.46. The van der Waals surface area contributed by atoms with E-state index in [0.29, 0.717) is 5.92 Å². The normalized spacial score (nSPS) is 23.6. The van der Waals surface area contributed by atoms with Crippen molar-refractivity contribution in [3.05, 3.63) is 23.8 Å². The molecule has 1 fully saturated rings. The molecule has 1 unspecified atom stereocenters. The Balaban J connectivity index is 1.82. The molecule has 3 N–H and O–H groups in total. The summed E-state index contributed by atoms with van der Waals surface area (Å²) in [6, 6.07) is 6.43. The summed E-state index contributed by atoms with van der Waals surface area (Å²) in [5, 5.41) is 9.67. The highest BCUT2D eigenvalue weighted by Crippen LogP contribution is 2.34. The summed E-state index contributed by atoms with van der Waals surface area (Å²) in [7, 11) is 0. The van der Waals surface area contributed by atoms with Gasteiger partial charge in [-0.1, -0.05) is 6.07 Å². The fraction of sp³-hybridized carbons (Fsp3) is 0.462. The molecule has 0 radical (unpaired) electrons. The van der Waals surface area contributed by atoms with Crippen molar-refractivity contribution in [1.29, 1.82) is 0 Å². The first-order valence-corrected chi connectivity index (χ1v) is 6.20. The van der Waals surface area contributed by atoms with Gasteiger partial charge in [0.15, 0.2) is 12.5 Å². The van der Waals surface area contributed by atoms with Crippen molar-refractivity contribution < 1.29 is 4.79 Å². The van der Waals surface area contributed by atoms with Crippen LogP contribution in [0.4, 0.5) is 11.4 Å². The van der Waals surface area contributed by atoms with Gasteiger partial charge in [-0.2, -0.15) is 0 Å². The third-order valence-corrected chi connectivity index (χ3v) is 3.61. The predicted octanol–water partition coefficient (Wildman–Crippen LogP) is 1.52. The number of carbonyl (C=O) groups is 1. The van der Waals surface area contributed by atoms with E-state index < -0.39 is 0 Å². The van der Waals surface area contributed by atoms with Crippen LogP contribution >= 0.6 is 0 Å². The molecule has 0 spiro atoms. The van der Waals surface area contributed by atoms with Crippen LogP contribution in [0.2, 0.25) is 0 Å². The molecule has 0 aromatic heterocycles. The second kappa shape index (κ2) is 4.37. The minimum absolute atomic E-state index is 0.270. The topological polar surface area (TPSA) is 53.2 Å². The van der Waals surface area contributed by atoms with Gasteiger partial charge in [0.25, 0.3) is 0 Å². The summed E-state index contributed by atoms with van der Waals surface area (Å²) >= 11 is 0. The molecular formula is C13H17N3O. The average molecular weight is 231 g/mol. The molecule has 1 aromatic rings. The molecule has 0 saturated carbocycles. The Hall–Kier alpha value is -1.55. The maximum absolute atomic E-state index is 10.7. The van der Waals surface area contributed by atoms with Gasteiger partial charge in [0, 0.05) is 0 Å². The number of carbonyl (C=O) groups excluding carboxylic acids is 1. The fourth-order valence-corrected chi connectivity index (χ4v) is 2.66. The van der Waals surface area contributed by atoms with Crippen LogP contribution in [-0.2, 0) is 4.79 Å². The number of rotatable bonds is 2. The maximum Gasteiger partial charge on any atom is 0.162 e. The van der Waals surface area contributed by atoms with Crippen molar-refractivity contribution in [2.45, 2.75) is 24.9 Å². The van der Waals surface area contributed by atoms with Crippen LogP contribution in [0.25, 0.3) is 0 Å². The maximum atomic E-state index is 10.7. The Bertz CT molecular complexity index is 427. The third-order valence-electron chi connectivity index (χ3n) is 3.61. The van der Waals surface area contributed by atoms with E-state index in [1.807, 2.05) is 0 Å². The lowest BCUT2D eigenvalue weighted by Crippen LogP contribution is -2.26. The van der Waals surface area contributed by atoms with Crippen LogP contribution in [0.15, 0.2) is 18.2 Å². The Morgan fingerprint density at radius 3 is 2.65 bits per heavy atom. The number of piperidine rings is 1. The number of nitrogens with one attached hydrogen (secondary N) is 3. The van der Waals surface area contributed by atoms with Crippen LogP contribution in [0, 0.1) is 0 Å². The van der Waals surface area contributed by atoms with Crippen molar-refractivity contribution in [2.24, 2.45) is 0 Å². The van der Waals surface area contributed by atoms with E-state index >= 15 is 0 Å². The number of aldehydes is 1. The van der Waals surface area contributed by atoms with Gasteiger partial charge in [-0.05, 0) is 49.5 Å². The van der Waals surface area contributed by atoms with Gasteiger partial charge < -0.3 is 16.0 Å². The van der Waals surface area contributed by atoms with E-state index in [-0.39, 0.29) is 6.17 Å². The SMILES string of the molecule is O=CC1Nc2ccc(C3CCNCC3)cc2N1. The second-order valence-corrected chi connectivity index (χ2v) is 4.73. The molecule has 1 saturated heterocycles. The molecule has 2 heterocycles. The number of benzene rings is 1. The summed E-state index contributed by atoms with van der Waals surface area (Å²) in [4.78, 5) is 10.7. The fourth-order valence-electron chi connectivity index (χ4n) is 2.66. The lowest BCUT2D eigenvalue weighted by Gasteiger charge is -2.23. The van der Waals surface area contributed by atoms with Crippen molar-refractivity contribution >= 4 is 17.7 Å². The minimum atomic E-state index is -0.270. The van der Waals surface area contributed by atoms with Crippen LogP contribution in [0.5, 0.6) is 0 Å². The number of hydrogen-bond acceptors (Lipinski definition) is 4. The first-order chi connectivity index (χ1) is 8.36. The monoisotopic (exact) mass is 231 g/mol. The van der Waals surface area contributed by atoms with Crippen LogP contribution in [0.1, 0.15) is 24.3 Å². The molecule has 4 nitrogen and oxygen atoms in total. The van der Waals surface area contributed by atoms with Crippen molar-refractivity contribution in [3.63, 3.8) is 0 Å². The van der Waals surface area contributed by atoms with E-state index in [1.54, 1.807) is 0 Å². The Labute approximate surface area is 101 Å². The highest BCUT2D eigenvalue weighted by Gasteiger charge is 2.21. The van der Waals surface area contributed by atoms with Gasteiger partial charge in [-0.25, -0.2) is 0 Å². The Morgan fingerprint density at radius 2 is 1.88 bits per heavy atom. The molecule has 2 aliphatic rings. The van der Waals surface area contributed by atoms with Gasteiger partial charge >= 0.3 is 0 Å². The zero-order valence-electron chi connectivity index (χ0n) is 9.70. The molecule has 2 aliphatic heterocycles. The Kier molecular flexibility index (Phi) is 2.73. The first-order valence-electron chi connectivity index (χ1n) is 6.20. The zero-order chi connectivity index (χ0) is 11.7. The van der Waals surface area contributed by atoms with E-state index in [2.05, 4.69) is 34.1 Å². The molecule has 1 atom stereocenters. The third kappa shape index (κ3) is 2.00. The smallest absolute Gasteiger partial charge is 0.162 e. The molecule has 1 aromatic carbocycles. The molecule has 0 amide bonds. The predicted molar refractivity (Wildman–Crippen MR) is 68.4 cm³/mol. The lowest BCUT2D eigenvalue weighted by molar-refractivity contribution is -0.107. The van der Waals surface area contributed by atoms with Crippen molar-refractivity contribution in [2.75, 3.05) is 23.7 Å². The van der Waals surface area contributed by atoms with E-state index in [4.69, 9.17) is 0 Å². The van der Waals surface area contributed by atoms with Gasteiger partial charge in [0.2, 0.25) is 0 Å². The highest BCUT2D eigenvalue weighted by atomic mass is 16.1. The van der Waals surface area contributed by atoms with Crippen molar-refractivity contribution in [1.82, 2.24) is 5.32 Å². The lowest BCUT2D eigenvalue weighted by atomic mass is 9.90. The summed E-state index contributed by atoms with van der Waals surface area (Å²) in [6.07, 6.45) is 3.02. The van der Waals surface area contributed by atoms with E-state index in [0.717, 1.165) is 30.8 Å². The van der Waals surface area contributed by atoms with Gasteiger partial charge in [-0.15, -0.1) is 0 Å². The molecular weight excluding hydrogens is 214 g/mol. The molecule has 0 bridgehead atoms. The first kappa shape index (κ1) is 10.6.